The van der Waals surface area contributed by atoms with Crippen LogP contribution in [0.15, 0.2) is 24.3 Å². The van der Waals surface area contributed by atoms with Crippen LogP contribution in [0.2, 0.25) is 0 Å². The number of carbonyl (C=O) groups excluding carboxylic acids is 1. The third kappa shape index (κ3) is 5.69. The van der Waals surface area contributed by atoms with E-state index in [1.165, 1.54) is 6.07 Å². The summed E-state index contributed by atoms with van der Waals surface area (Å²) in [5.74, 6) is 0. The number of carbonyl (C=O) groups is 1. The van der Waals surface area contributed by atoms with Crippen LogP contribution in [0.3, 0.4) is 0 Å². The molecule has 0 aromatic heterocycles. The highest BCUT2D eigenvalue weighted by atomic mass is 16.6. The lowest BCUT2D eigenvalue weighted by atomic mass is 10.2. The Morgan fingerprint density at radius 2 is 2.05 bits per heavy atom. The fourth-order valence-electron chi connectivity index (χ4n) is 1.75. The first-order chi connectivity index (χ1) is 9.65. The van der Waals surface area contributed by atoms with E-state index >= 15 is 0 Å². The van der Waals surface area contributed by atoms with Gasteiger partial charge in [0, 0.05) is 12.6 Å². The highest BCUT2D eigenvalue weighted by Crippen LogP contribution is 2.18. The van der Waals surface area contributed by atoms with Gasteiger partial charge in [0.05, 0.1) is 10.5 Å². The molecule has 0 aliphatic heterocycles. The Hall–Kier alpha value is -2.11. The number of alkyl carbamates (subject to hydrolysis) is 1. The number of nitro groups is 1. The van der Waals surface area contributed by atoms with Gasteiger partial charge in [0.15, 0.2) is 0 Å². The van der Waals surface area contributed by atoms with Gasteiger partial charge in [-0.1, -0.05) is 38.3 Å². The van der Waals surface area contributed by atoms with Crippen LogP contribution in [0.1, 0.15) is 38.2 Å². The van der Waals surface area contributed by atoms with Crippen LogP contribution in [-0.2, 0) is 11.3 Å². The number of nitrogens with zero attached hydrogens (tertiary/aromatic N) is 1. The quantitative estimate of drug-likeness (QED) is 0.449. The number of ether oxygens (including phenoxy) is 1. The van der Waals surface area contributed by atoms with Gasteiger partial charge in [-0.2, -0.15) is 0 Å². The van der Waals surface area contributed by atoms with Gasteiger partial charge in [-0.25, -0.2) is 4.79 Å². The summed E-state index contributed by atoms with van der Waals surface area (Å²) in [7, 11) is 0. The molecule has 0 radical (unpaired) electrons. The van der Waals surface area contributed by atoms with Crippen molar-refractivity contribution < 1.29 is 14.5 Å². The standard InChI is InChI=1S/C14H20N2O4/c1-2-3-4-7-10-15-14(17)20-11-12-8-5-6-9-13(12)16(18)19/h5-6,8-9H,2-4,7,10-11H2,1H3,(H,15,17). The third-order valence-electron chi connectivity index (χ3n) is 2.85. The second kappa shape index (κ2) is 8.90. The minimum Gasteiger partial charge on any atom is -0.444 e. The van der Waals surface area contributed by atoms with Crippen LogP contribution in [0.25, 0.3) is 0 Å². The number of nitro benzene ring substituents is 1. The normalized spacial score (nSPS) is 10.1. The topological polar surface area (TPSA) is 81.5 Å². The molecule has 0 saturated heterocycles. The van der Waals surface area contributed by atoms with E-state index in [1.54, 1.807) is 18.2 Å². The van der Waals surface area contributed by atoms with E-state index in [9.17, 15) is 14.9 Å². The molecule has 0 aliphatic carbocycles. The maximum atomic E-state index is 11.4. The predicted molar refractivity (Wildman–Crippen MR) is 75.4 cm³/mol. The summed E-state index contributed by atoms with van der Waals surface area (Å²) in [6.07, 6.45) is 3.73. The first-order valence-corrected chi connectivity index (χ1v) is 6.78. The molecule has 1 N–H and O–H groups in total. The van der Waals surface area contributed by atoms with Gasteiger partial charge < -0.3 is 10.1 Å². The summed E-state index contributed by atoms with van der Waals surface area (Å²) in [5, 5.41) is 13.4. The maximum Gasteiger partial charge on any atom is 0.407 e. The summed E-state index contributed by atoms with van der Waals surface area (Å²) in [5.41, 5.74) is 0.349. The highest BCUT2D eigenvalue weighted by molar-refractivity contribution is 5.67. The van der Waals surface area contributed by atoms with Gasteiger partial charge in [0.25, 0.3) is 5.69 Å². The van der Waals surface area contributed by atoms with Gasteiger partial charge in [-0.3, -0.25) is 10.1 Å². The minimum absolute atomic E-state index is 0.0387. The third-order valence-corrected chi connectivity index (χ3v) is 2.85. The molecule has 0 saturated carbocycles. The molecule has 110 valence electrons. The molecule has 0 atom stereocenters. The van der Waals surface area contributed by atoms with Crippen molar-refractivity contribution in [2.45, 2.75) is 39.2 Å². The van der Waals surface area contributed by atoms with Crippen molar-refractivity contribution in [3.8, 4) is 0 Å². The smallest absolute Gasteiger partial charge is 0.407 e. The zero-order chi connectivity index (χ0) is 14.8. The summed E-state index contributed by atoms with van der Waals surface area (Å²) < 4.78 is 4.97. The molecule has 1 amide bonds. The van der Waals surface area contributed by atoms with Crippen LogP contribution >= 0.6 is 0 Å². The molecule has 0 aliphatic rings. The number of para-hydroxylation sites is 1. The fraction of sp³-hybridized carbons (Fsp3) is 0.500. The second-order valence-corrected chi connectivity index (χ2v) is 4.45. The number of amides is 1. The zero-order valence-electron chi connectivity index (χ0n) is 11.6. The van der Waals surface area contributed by atoms with Crippen molar-refractivity contribution in [2.24, 2.45) is 0 Å². The number of rotatable bonds is 8. The molecular formula is C14H20N2O4. The lowest BCUT2D eigenvalue weighted by Crippen LogP contribution is -2.25. The number of nitrogens with one attached hydrogen (secondary N) is 1. The Kier molecular flexibility index (Phi) is 7.10. The first-order valence-electron chi connectivity index (χ1n) is 6.78. The van der Waals surface area contributed by atoms with Crippen molar-refractivity contribution in [2.75, 3.05) is 6.54 Å². The molecule has 1 aromatic rings. The van der Waals surface area contributed by atoms with Crippen molar-refractivity contribution in [1.29, 1.82) is 0 Å². The van der Waals surface area contributed by atoms with Crippen LogP contribution in [-0.4, -0.2) is 17.6 Å². The number of unbranched alkanes of at least 4 members (excludes halogenated alkanes) is 3. The van der Waals surface area contributed by atoms with E-state index in [-0.39, 0.29) is 12.3 Å². The number of benzene rings is 1. The van der Waals surface area contributed by atoms with E-state index in [1.807, 2.05) is 0 Å². The lowest BCUT2D eigenvalue weighted by molar-refractivity contribution is -0.385. The summed E-state index contributed by atoms with van der Waals surface area (Å²) in [6.45, 7) is 2.59. The largest absolute Gasteiger partial charge is 0.444 e. The van der Waals surface area contributed by atoms with E-state index in [0.29, 0.717) is 12.1 Å². The van der Waals surface area contributed by atoms with Crippen molar-refractivity contribution >= 4 is 11.8 Å². The molecule has 0 unspecified atom stereocenters. The molecule has 20 heavy (non-hydrogen) atoms. The first kappa shape index (κ1) is 15.9. The van der Waals surface area contributed by atoms with E-state index < -0.39 is 11.0 Å². The molecule has 0 bridgehead atoms. The van der Waals surface area contributed by atoms with Crippen LogP contribution in [0.4, 0.5) is 10.5 Å². The fourth-order valence-corrected chi connectivity index (χ4v) is 1.75. The molecular weight excluding hydrogens is 260 g/mol. The van der Waals surface area contributed by atoms with Gasteiger partial charge >= 0.3 is 6.09 Å². The Balaban J connectivity index is 2.32. The molecule has 1 rings (SSSR count). The van der Waals surface area contributed by atoms with Crippen LogP contribution < -0.4 is 5.32 Å². The highest BCUT2D eigenvalue weighted by Gasteiger charge is 2.13. The second-order valence-electron chi connectivity index (χ2n) is 4.45. The van der Waals surface area contributed by atoms with E-state index in [0.717, 1.165) is 25.7 Å². The average molecular weight is 280 g/mol. The van der Waals surface area contributed by atoms with Gasteiger partial charge in [-0.05, 0) is 12.5 Å². The summed E-state index contributed by atoms with van der Waals surface area (Å²) in [4.78, 5) is 21.7. The Bertz CT molecular complexity index is 449. The van der Waals surface area contributed by atoms with E-state index in [4.69, 9.17) is 4.74 Å². The lowest BCUT2D eigenvalue weighted by Gasteiger charge is -2.07. The number of hydrogen-bond acceptors (Lipinski definition) is 4. The molecule has 0 heterocycles. The van der Waals surface area contributed by atoms with E-state index in [2.05, 4.69) is 12.2 Å². The number of hydrogen-bond donors (Lipinski definition) is 1. The average Bonchev–Trinajstić information content (AvgIpc) is 2.45. The van der Waals surface area contributed by atoms with Crippen LogP contribution in [0, 0.1) is 10.1 Å². The predicted octanol–water partition coefficient (Wildman–Crippen LogP) is 3.40. The maximum absolute atomic E-state index is 11.4. The molecule has 0 fully saturated rings. The minimum atomic E-state index is -0.542. The van der Waals surface area contributed by atoms with Crippen molar-refractivity contribution in [1.82, 2.24) is 5.32 Å². The Morgan fingerprint density at radius 1 is 1.30 bits per heavy atom. The molecule has 0 spiro atoms. The monoisotopic (exact) mass is 280 g/mol. The zero-order valence-corrected chi connectivity index (χ0v) is 11.6. The van der Waals surface area contributed by atoms with Gasteiger partial charge in [0.1, 0.15) is 6.61 Å². The van der Waals surface area contributed by atoms with Crippen molar-refractivity contribution in [3.05, 3.63) is 39.9 Å². The Labute approximate surface area is 118 Å². The molecule has 6 heteroatoms. The van der Waals surface area contributed by atoms with Gasteiger partial charge in [0.2, 0.25) is 0 Å². The van der Waals surface area contributed by atoms with Crippen molar-refractivity contribution in [3.63, 3.8) is 0 Å². The SMILES string of the molecule is CCCCCCNC(=O)OCc1ccccc1[N+](=O)[O-]. The molecule has 6 nitrogen and oxygen atoms in total. The van der Waals surface area contributed by atoms with Gasteiger partial charge in [-0.15, -0.1) is 0 Å². The molecule has 1 aromatic carbocycles. The summed E-state index contributed by atoms with van der Waals surface area (Å²) in [6, 6.07) is 6.22. The van der Waals surface area contributed by atoms with Crippen LogP contribution in [0.5, 0.6) is 0 Å². The summed E-state index contributed by atoms with van der Waals surface area (Å²) >= 11 is 0. The Morgan fingerprint density at radius 3 is 2.75 bits per heavy atom.